The Morgan fingerprint density at radius 1 is 1.21 bits per heavy atom. The molecule has 2 unspecified atom stereocenters. The Balaban J connectivity index is 1.43. The monoisotopic (exact) mass is 547 g/mol. The van der Waals surface area contributed by atoms with E-state index in [9.17, 15) is 23.3 Å². The van der Waals surface area contributed by atoms with Gasteiger partial charge in [-0.15, -0.1) is 0 Å². The summed E-state index contributed by atoms with van der Waals surface area (Å²) >= 11 is 0. The summed E-state index contributed by atoms with van der Waals surface area (Å²) in [5, 5.41) is 11.5. The van der Waals surface area contributed by atoms with Gasteiger partial charge in [0.2, 0.25) is 0 Å². The average molecular weight is 548 g/mol. The number of H-pyrrole nitrogens is 1. The van der Waals surface area contributed by atoms with E-state index >= 15 is 0 Å². The minimum atomic E-state index is -3.62. The van der Waals surface area contributed by atoms with Gasteiger partial charge in [0.1, 0.15) is 0 Å². The molecule has 2 atom stereocenters. The van der Waals surface area contributed by atoms with Gasteiger partial charge in [0.25, 0.3) is 11.8 Å². The summed E-state index contributed by atoms with van der Waals surface area (Å²) < 4.78 is 26.7. The van der Waals surface area contributed by atoms with Crippen LogP contribution in [0.3, 0.4) is 0 Å². The topological polar surface area (TPSA) is 126 Å². The first-order valence-electron chi connectivity index (χ1n) is 13.2. The van der Waals surface area contributed by atoms with Crippen LogP contribution in [0.5, 0.6) is 0 Å². The lowest BCUT2D eigenvalue weighted by Gasteiger charge is -2.32. The fraction of sp³-hybridized carbons (Fsp3) is 0.414. The summed E-state index contributed by atoms with van der Waals surface area (Å²) in [6.45, 7) is 6.69. The highest BCUT2D eigenvalue weighted by Gasteiger charge is 2.36. The number of hydrogen-bond donors (Lipinski definition) is 2. The van der Waals surface area contributed by atoms with E-state index in [1.165, 1.54) is 0 Å². The zero-order valence-corrected chi connectivity index (χ0v) is 23.3. The molecule has 0 saturated carbocycles. The van der Waals surface area contributed by atoms with Gasteiger partial charge in [-0.1, -0.05) is 30.4 Å². The van der Waals surface area contributed by atoms with Gasteiger partial charge in [-0.05, 0) is 50.9 Å². The molecule has 5 rings (SSSR count). The average Bonchev–Trinajstić information content (AvgIpc) is 3.37. The zero-order chi connectivity index (χ0) is 27.9. The van der Waals surface area contributed by atoms with Gasteiger partial charge < -0.3 is 20.1 Å². The number of carbonyl (C=O) groups excluding carboxylic acids is 2. The molecule has 2 amide bonds. The van der Waals surface area contributed by atoms with E-state index in [1.807, 2.05) is 31.9 Å². The second-order valence-corrected chi connectivity index (χ2v) is 12.9. The standard InChI is InChI=1S/C29H33N5O4S/c1-18-26(31-19(2)27(18)29(36)34-12-10-33(3)11-13-34)15-24-23-14-22(8-9-25(23)32-28(24)35)39(37,38)17-21-7-5-4-6-20(21)16-30/h4-5,7,9,14-15,20,22,31H,6,8,10-13,17H2,1-3H3,(H,32,35). The van der Waals surface area contributed by atoms with Gasteiger partial charge in [-0.2, -0.15) is 5.26 Å². The van der Waals surface area contributed by atoms with Gasteiger partial charge in [-0.3, -0.25) is 9.59 Å². The molecule has 4 aliphatic rings. The number of carbonyl (C=O) groups is 2. The van der Waals surface area contributed by atoms with Gasteiger partial charge in [-0.25, -0.2) is 8.42 Å². The van der Waals surface area contributed by atoms with Crippen LogP contribution in [0.1, 0.15) is 40.2 Å². The number of aryl methyl sites for hydroxylation is 1. The highest BCUT2D eigenvalue weighted by atomic mass is 32.2. The van der Waals surface area contributed by atoms with Gasteiger partial charge >= 0.3 is 0 Å². The van der Waals surface area contributed by atoms with Crippen LogP contribution in [0, 0.1) is 31.1 Å². The number of aromatic amines is 1. The number of nitrogens with zero attached hydrogens (tertiary/aromatic N) is 3. The first-order valence-corrected chi connectivity index (χ1v) is 14.9. The van der Waals surface area contributed by atoms with Gasteiger partial charge in [0.15, 0.2) is 9.84 Å². The first-order chi connectivity index (χ1) is 18.6. The van der Waals surface area contributed by atoms with Crippen molar-refractivity contribution in [2.45, 2.75) is 31.9 Å². The quantitative estimate of drug-likeness (QED) is 0.546. The molecule has 9 nitrogen and oxygen atoms in total. The maximum absolute atomic E-state index is 13.4. The van der Waals surface area contributed by atoms with E-state index in [0.717, 1.165) is 24.3 Å². The normalized spacial score (nSPS) is 24.6. The molecule has 0 bridgehead atoms. The molecule has 1 aromatic heterocycles. The highest BCUT2D eigenvalue weighted by Crippen LogP contribution is 2.35. The Kier molecular flexibility index (Phi) is 7.23. The van der Waals surface area contributed by atoms with E-state index < -0.39 is 21.0 Å². The summed E-state index contributed by atoms with van der Waals surface area (Å²) in [5.41, 5.74) is 4.86. The van der Waals surface area contributed by atoms with Crippen molar-refractivity contribution < 1.29 is 18.0 Å². The third-order valence-electron chi connectivity index (χ3n) is 8.00. The van der Waals surface area contributed by atoms with Crippen LogP contribution in [-0.4, -0.2) is 79.2 Å². The lowest BCUT2D eigenvalue weighted by Crippen LogP contribution is -2.47. The van der Waals surface area contributed by atoms with Crippen LogP contribution in [0.25, 0.3) is 6.08 Å². The Labute approximate surface area is 229 Å². The molecule has 204 valence electrons. The van der Waals surface area contributed by atoms with E-state index in [2.05, 4.69) is 21.3 Å². The number of sulfone groups is 1. The number of fused-ring (bicyclic) bond motifs is 1. The number of piperazine rings is 1. The molecule has 10 heteroatoms. The van der Waals surface area contributed by atoms with Crippen LogP contribution < -0.4 is 5.32 Å². The number of nitriles is 1. The molecule has 0 radical (unpaired) electrons. The van der Waals surface area contributed by atoms with Crippen molar-refractivity contribution in [2.75, 3.05) is 39.0 Å². The van der Waals surface area contributed by atoms with Crippen molar-refractivity contribution in [3.8, 4) is 6.07 Å². The molecule has 1 aromatic rings. The van der Waals surface area contributed by atoms with Crippen molar-refractivity contribution >= 4 is 27.7 Å². The third-order valence-corrected chi connectivity index (χ3v) is 9.99. The summed E-state index contributed by atoms with van der Waals surface area (Å²) in [4.78, 5) is 33.6. The van der Waals surface area contributed by atoms with Crippen LogP contribution in [0.2, 0.25) is 0 Å². The number of amides is 2. The van der Waals surface area contributed by atoms with Crippen molar-refractivity contribution in [1.29, 1.82) is 5.26 Å². The number of likely N-dealkylation sites (N-methyl/N-ethyl adjacent to an activating group) is 1. The highest BCUT2D eigenvalue weighted by molar-refractivity contribution is 7.92. The van der Waals surface area contributed by atoms with E-state index in [0.29, 0.717) is 53.2 Å². The Hall–Kier alpha value is -3.68. The number of allylic oxidation sites excluding steroid dienone is 5. The predicted octanol–water partition coefficient (Wildman–Crippen LogP) is 2.56. The van der Waals surface area contributed by atoms with E-state index in [-0.39, 0.29) is 24.0 Å². The van der Waals surface area contributed by atoms with Gasteiger partial charge in [0.05, 0.1) is 34.1 Å². The van der Waals surface area contributed by atoms with Gasteiger partial charge in [0, 0.05) is 48.8 Å². The molecular formula is C29H33N5O4S. The number of rotatable bonds is 5. The van der Waals surface area contributed by atoms with Crippen LogP contribution in [0.15, 0.2) is 52.8 Å². The predicted molar refractivity (Wildman–Crippen MR) is 149 cm³/mol. The van der Waals surface area contributed by atoms with Crippen LogP contribution in [-0.2, 0) is 14.6 Å². The second-order valence-electron chi connectivity index (χ2n) is 10.6. The minimum Gasteiger partial charge on any atom is -0.358 e. The van der Waals surface area contributed by atoms with Crippen molar-refractivity contribution in [3.05, 3.63) is 75.3 Å². The Morgan fingerprint density at radius 3 is 2.67 bits per heavy atom. The molecule has 39 heavy (non-hydrogen) atoms. The maximum Gasteiger partial charge on any atom is 0.256 e. The Bertz CT molecular complexity index is 1530. The van der Waals surface area contributed by atoms with E-state index in [4.69, 9.17) is 0 Å². The fourth-order valence-electron chi connectivity index (χ4n) is 5.60. The lowest BCUT2D eigenvalue weighted by molar-refractivity contribution is -0.115. The zero-order valence-electron chi connectivity index (χ0n) is 22.5. The molecule has 0 aromatic carbocycles. The summed E-state index contributed by atoms with van der Waals surface area (Å²) in [7, 11) is -1.58. The third kappa shape index (κ3) is 5.16. The molecule has 3 heterocycles. The summed E-state index contributed by atoms with van der Waals surface area (Å²) in [5.74, 6) is -0.977. The maximum atomic E-state index is 13.4. The van der Waals surface area contributed by atoms with E-state index in [1.54, 1.807) is 30.4 Å². The number of aromatic nitrogens is 1. The van der Waals surface area contributed by atoms with Crippen LogP contribution in [0.4, 0.5) is 0 Å². The number of hydrogen-bond acceptors (Lipinski definition) is 6. The minimum absolute atomic E-state index is 0.0268. The fourth-order valence-corrected chi connectivity index (χ4v) is 7.30. The molecule has 2 fully saturated rings. The summed E-state index contributed by atoms with van der Waals surface area (Å²) in [6.07, 6.45) is 11.2. The largest absolute Gasteiger partial charge is 0.358 e. The SMILES string of the molecule is Cc1[nH]c(C=C2C(=O)NC3=CCC(S(=O)(=O)CC4=CC=CCC4C#N)C=C32)c(C)c1C(=O)N1CCN(C)CC1. The Morgan fingerprint density at radius 2 is 1.95 bits per heavy atom. The first kappa shape index (κ1) is 26.9. The number of nitrogens with one attached hydrogen (secondary N) is 2. The van der Waals surface area contributed by atoms with Crippen molar-refractivity contribution in [2.24, 2.45) is 5.92 Å². The molecular weight excluding hydrogens is 514 g/mol. The summed E-state index contributed by atoms with van der Waals surface area (Å²) in [6, 6.07) is 2.19. The molecule has 0 spiro atoms. The van der Waals surface area contributed by atoms with Crippen molar-refractivity contribution in [1.82, 2.24) is 20.1 Å². The molecule has 2 saturated heterocycles. The molecule has 2 N–H and O–H groups in total. The molecule has 2 aliphatic heterocycles. The second kappa shape index (κ2) is 10.5. The lowest BCUT2D eigenvalue weighted by atomic mass is 9.94. The van der Waals surface area contributed by atoms with Crippen molar-refractivity contribution in [3.63, 3.8) is 0 Å². The van der Waals surface area contributed by atoms with Crippen LogP contribution >= 0.6 is 0 Å². The molecule has 2 aliphatic carbocycles. The smallest absolute Gasteiger partial charge is 0.256 e.